The first kappa shape index (κ1) is 19.9. The lowest BCUT2D eigenvalue weighted by atomic mass is 10.2. The number of unbranched alkanes of at least 4 members (excludes halogenated alkanes) is 1. The van der Waals surface area contributed by atoms with Crippen molar-refractivity contribution in [2.75, 3.05) is 40.0 Å². The van der Waals surface area contributed by atoms with E-state index in [0.29, 0.717) is 19.8 Å². The highest BCUT2D eigenvalue weighted by Crippen LogP contribution is 2.10. The Labute approximate surface area is 148 Å². The quantitative estimate of drug-likeness (QED) is 0.349. The molecule has 5 nitrogen and oxygen atoms in total. The van der Waals surface area contributed by atoms with Crippen molar-refractivity contribution in [3.05, 3.63) is 34.3 Å². The Hall–Kier alpha value is -1.11. The van der Waals surface area contributed by atoms with E-state index in [2.05, 4.69) is 50.6 Å². The number of nitrogens with zero attached hydrogens (tertiary/aromatic N) is 1. The summed E-state index contributed by atoms with van der Waals surface area (Å²) in [5.74, 6) is 0.774. The molecule has 2 N–H and O–H groups in total. The van der Waals surface area contributed by atoms with Crippen LogP contribution in [-0.4, -0.2) is 46.0 Å². The number of ether oxygens (including phenoxy) is 2. The van der Waals surface area contributed by atoms with Gasteiger partial charge in [-0.1, -0.05) is 41.4 Å². The molecule has 0 aromatic heterocycles. The molecule has 0 unspecified atom stereocenters. The minimum Gasteiger partial charge on any atom is -0.379 e. The van der Waals surface area contributed by atoms with Crippen molar-refractivity contribution in [2.45, 2.75) is 26.3 Å². The third kappa shape index (κ3) is 10.3. The van der Waals surface area contributed by atoms with Crippen molar-refractivity contribution < 1.29 is 9.47 Å². The Bertz CT molecular complexity index is 438. The maximum absolute atomic E-state index is 5.51. The molecule has 1 aromatic carbocycles. The average molecular weight is 386 g/mol. The van der Waals surface area contributed by atoms with Gasteiger partial charge in [-0.3, -0.25) is 4.99 Å². The van der Waals surface area contributed by atoms with Gasteiger partial charge in [0, 0.05) is 31.2 Å². The number of halogens is 1. The van der Waals surface area contributed by atoms with Crippen LogP contribution in [0, 0.1) is 0 Å². The third-order valence-corrected chi connectivity index (χ3v) is 3.68. The van der Waals surface area contributed by atoms with Crippen LogP contribution in [0.5, 0.6) is 0 Å². The Kier molecular flexibility index (Phi) is 11.6. The van der Waals surface area contributed by atoms with Crippen LogP contribution < -0.4 is 10.6 Å². The second kappa shape index (κ2) is 13.3. The summed E-state index contributed by atoms with van der Waals surface area (Å²) in [5.41, 5.74) is 1.21. The zero-order valence-corrected chi connectivity index (χ0v) is 15.7. The van der Waals surface area contributed by atoms with Crippen LogP contribution in [0.25, 0.3) is 0 Å². The number of hydrogen-bond acceptors (Lipinski definition) is 3. The SMILES string of the molecule is CCCCOCCOCCNC(=NC)NCc1ccc(Br)cc1. The predicted octanol–water partition coefficient (Wildman–Crippen LogP) is 2.95. The summed E-state index contributed by atoms with van der Waals surface area (Å²) in [5, 5.41) is 6.50. The molecule has 0 amide bonds. The van der Waals surface area contributed by atoms with Crippen LogP contribution in [0.4, 0.5) is 0 Å². The molecule has 1 aromatic rings. The first-order chi connectivity index (χ1) is 11.3. The molecule has 1 rings (SSSR count). The topological polar surface area (TPSA) is 54.9 Å². The summed E-state index contributed by atoms with van der Waals surface area (Å²) < 4.78 is 12.0. The molecule has 0 bridgehead atoms. The summed E-state index contributed by atoms with van der Waals surface area (Å²) >= 11 is 3.43. The molecule has 0 aliphatic carbocycles. The van der Waals surface area contributed by atoms with Crippen molar-refractivity contribution in [1.29, 1.82) is 0 Å². The lowest BCUT2D eigenvalue weighted by Gasteiger charge is -2.12. The second-order valence-electron chi connectivity index (χ2n) is 5.06. The molecule has 6 heteroatoms. The largest absolute Gasteiger partial charge is 0.379 e. The van der Waals surface area contributed by atoms with Gasteiger partial charge >= 0.3 is 0 Å². The van der Waals surface area contributed by atoms with Crippen molar-refractivity contribution in [3.63, 3.8) is 0 Å². The minimum absolute atomic E-state index is 0.635. The van der Waals surface area contributed by atoms with Gasteiger partial charge in [0.25, 0.3) is 0 Å². The molecule has 0 radical (unpaired) electrons. The van der Waals surface area contributed by atoms with Gasteiger partial charge in [0.05, 0.1) is 19.8 Å². The molecule has 0 aliphatic heterocycles. The van der Waals surface area contributed by atoms with E-state index >= 15 is 0 Å². The Morgan fingerprint density at radius 2 is 1.74 bits per heavy atom. The summed E-state index contributed by atoms with van der Waals surface area (Å²) in [7, 11) is 1.76. The van der Waals surface area contributed by atoms with E-state index in [0.717, 1.165) is 43.0 Å². The monoisotopic (exact) mass is 385 g/mol. The number of rotatable bonds is 11. The lowest BCUT2D eigenvalue weighted by molar-refractivity contribution is 0.0487. The molecule has 0 saturated carbocycles. The summed E-state index contributed by atoms with van der Waals surface area (Å²) in [4.78, 5) is 4.19. The van der Waals surface area contributed by atoms with Gasteiger partial charge in [0.2, 0.25) is 0 Å². The van der Waals surface area contributed by atoms with Crippen molar-refractivity contribution >= 4 is 21.9 Å². The standard InChI is InChI=1S/C17H28BrN3O2/c1-3-4-10-22-12-13-23-11-9-20-17(19-2)21-14-15-5-7-16(18)8-6-15/h5-8H,3-4,9-14H2,1-2H3,(H2,19,20,21). The van der Waals surface area contributed by atoms with Gasteiger partial charge in [-0.05, 0) is 24.1 Å². The van der Waals surface area contributed by atoms with Gasteiger partial charge in [0.1, 0.15) is 0 Å². The zero-order chi connectivity index (χ0) is 16.8. The highest BCUT2D eigenvalue weighted by molar-refractivity contribution is 9.10. The van der Waals surface area contributed by atoms with Crippen LogP contribution >= 0.6 is 15.9 Å². The summed E-state index contributed by atoms with van der Waals surface area (Å²) in [6, 6.07) is 8.21. The van der Waals surface area contributed by atoms with E-state index in [-0.39, 0.29) is 0 Å². The van der Waals surface area contributed by atoms with Gasteiger partial charge in [-0.15, -0.1) is 0 Å². The maximum atomic E-state index is 5.51. The molecule has 23 heavy (non-hydrogen) atoms. The van der Waals surface area contributed by atoms with E-state index in [1.54, 1.807) is 7.05 Å². The molecule has 0 heterocycles. The predicted molar refractivity (Wildman–Crippen MR) is 98.9 cm³/mol. The van der Waals surface area contributed by atoms with E-state index in [4.69, 9.17) is 9.47 Å². The Morgan fingerprint density at radius 3 is 2.39 bits per heavy atom. The second-order valence-corrected chi connectivity index (χ2v) is 5.97. The Balaban J connectivity index is 2.04. The van der Waals surface area contributed by atoms with E-state index < -0.39 is 0 Å². The lowest BCUT2D eigenvalue weighted by Crippen LogP contribution is -2.38. The zero-order valence-electron chi connectivity index (χ0n) is 14.1. The summed E-state index contributed by atoms with van der Waals surface area (Å²) in [6.07, 6.45) is 2.28. The normalized spacial score (nSPS) is 11.5. The highest BCUT2D eigenvalue weighted by atomic mass is 79.9. The molecule has 130 valence electrons. The number of aliphatic imine (C=N–C) groups is 1. The van der Waals surface area contributed by atoms with Crippen molar-refractivity contribution in [2.24, 2.45) is 4.99 Å². The van der Waals surface area contributed by atoms with Crippen LogP contribution in [0.15, 0.2) is 33.7 Å². The highest BCUT2D eigenvalue weighted by Gasteiger charge is 1.98. The number of nitrogens with one attached hydrogen (secondary N) is 2. The molecule has 0 fully saturated rings. The molecule has 0 atom stereocenters. The first-order valence-electron chi connectivity index (χ1n) is 8.10. The fourth-order valence-corrected chi connectivity index (χ4v) is 2.08. The van der Waals surface area contributed by atoms with Gasteiger partial charge in [-0.25, -0.2) is 0 Å². The number of guanidine groups is 1. The molecule has 0 saturated heterocycles. The summed E-state index contributed by atoms with van der Waals surface area (Å²) in [6.45, 7) is 6.37. The third-order valence-electron chi connectivity index (χ3n) is 3.15. The number of benzene rings is 1. The first-order valence-corrected chi connectivity index (χ1v) is 8.90. The maximum Gasteiger partial charge on any atom is 0.191 e. The molecule has 0 aliphatic rings. The minimum atomic E-state index is 0.635. The molecule has 0 spiro atoms. The fraction of sp³-hybridized carbons (Fsp3) is 0.588. The van der Waals surface area contributed by atoms with Crippen LogP contribution in [0.2, 0.25) is 0 Å². The van der Waals surface area contributed by atoms with E-state index in [1.165, 1.54) is 5.56 Å². The van der Waals surface area contributed by atoms with Crippen LogP contribution in [0.1, 0.15) is 25.3 Å². The van der Waals surface area contributed by atoms with Crippen LogP contribution in [0.3, 0.4) is 0 Å². The average Bonchev–Trinajstić information content (AvgIpc) is 2.57. The van der Waals surface area contributed by atoms with Gasteiger partial charge in [-0.2, -0.15) is 0 Å². The number of hydrogen-bond donors (Lipinski definition) is 2. The van der Waals surface area contributed by atoms with Crippen molar-refractivity contribution in [1.82, 2.24) is 10.6 Å². The smallest absolute Gasteiger partial charge is 0.191 e. The van der Waals surface area contributed by atoms with Crippen LogP contribution in [-0.2, 0) is 16.0 Å². The van der Waals surface area contributed by atoms with Crippen molar-refractivity contribution in [3.8, 4) is 0 Å². The molecular formula is C17H28BrN3O2. The fourth-order valence-electron chi connectivity index (χ4n) is 1.82. The van der Waals surface area contributed by atoms with Gasteiger partial charge < -0.3 is 20.1 Å². The van der Waals surface area contributed by atoms with Gasteiger partial charge in [0.15, 0.2) is 5.96 Å². The van der Waals surface area contributed by atoms with E-state index in [1.807, 2.05) is 12.1 Å². The molecular weight excluding hydrogens is 358 g/mol. The Morgan fingerprint density at radius 1 is 1.04 bits per heavy atom. The van der Waals surface area contributed by atoms with E-state index in [9.17, 15) is 0 Å².